The summed E-state index contributed by atoms with van der Waals surface area (Å²) in [6.07, 6.45) is 8.08. The second kappa shape index (κ2) is 6.14. The molecule has 1 heterocycles. The number of aromatic nitrogens is 2. The van der Waals surface area contributed by atoms with E-state index in [2.05, 4.69) is 27.5 Å². The van der Waals surface area contributed by atoms with Crippen LogP contribution >= 0.6 is 0 Å². The van der Waals surface area contributed by atoms with Gasteiger partial charge >= 0.3 is 0 Å². The van der Waals surface area contributed by atoms with Gasteiger partial charge in [0, 0.05) is 19.7 Å². The van der Waals surface area contributed by atoms with Crippen molar-refractivity contribution in [2.75, 3.05) is 13.7 Å². The topological polar surface area (TPSA) is 65.1 Å². The van der Waals surface area contributed by atoms with Crippen LogP contribution in [-0.4, -0.2) is 29.5 Å². The maximum absolute atomic E-state index is 5.47. The van der Waals surface area contributed by atoms with Crippen LogP contribution in [0.1, 0.15) is 37.4 Å². The van der Waals surface area contributed by atoms with E-state index in [0.717, 1.165) is 12.1 Å². The largest absolute Gasteiger partial charge is 0.383 e. The highest BCUT2D eigenvalue weighted by molar-refractivity contribution is 5.02. The van der Waals surface area contributed by atoms with Gasteiger partial charge in [0.05, 0.1) is 24.4 Å². The predicted octanol–water partition coefficient (Wildman–Crippen LogP) is 1.02. The molecule has 96 valence electrons. The molecule has 0 spiro atoms. The molecule has 1 aliphatic carbocycles. The van der Waals surface area contributed by atoms with Gasteiger partial charge in [-0.1, -0.05) is 12.8 Å². The molecule has 0 aliphatic heterocycles. The maximum atomic E-state index is 5.47. The van der Waals surface area contributed by atoms with Crippen LogP contribution in [0, 0.1) is 0 Å². The van der Waals surface area contributed by atoms with Gasteiger partial charge in [0.2, 0.25) is 0 Å². The second-order valence-electron chi connectivity index (χ2n) is 4.75. The van der Waals surface area contributed by atoms with Crippen molar-refractivity contribution in [2.24, 2.45) is 5.84 Å². The monoisotopic (exact) mass is 238 g/mol. The van der Waals surface area contributed by atoms with Gasteiger partial charge < -0.3 is 4.74 Å². The third-order valence-corrected chi connectivity index (χ3v) is 3.42. The number of hydrogen-bond donors (Lipinski definition) is 2. The zero-order valence-corrected chi connectivity index (χ0v) is 10.4. The summed E-state index contributed by atoms with van der Waals surface area (Å²) in [5.74, 6) is 5.47. The molecule has 0 bridgehead atoms. The number of hydrazine groups is 1. The van der Waals surface area contributed by atoms with Crippen LogP contribution in [0.25, 0.3) is 0 Å². The minimum Gasteiger partial charge on any atom is -0.383 e. The molecule has 1 saturated carbocycles. The molecule has 0 amide bonds. The number of rotatable bonds is 6. The van der Waals surface area contributed by atoms with Crippen molar-refractivity contribution in [1.82, 2.24) is 15.2 Å². The highest BCUT2D eigenvalue weighted by Crippen LogP contribution is 2.28. The molecule has 3 N–H and O–H groups in total. The standard InChI is InChI=1S/C12H22N4O/c1-17-9-11(14-13)8-10-6-7-16(15-10)12-4-2-3-5-12/h6-7,11-12,14H,2-5,8-9,13H2,1H3. The normalized spacial score (nSPS) is 18.7. The maximum Gasteiger partial charge on any atom is 0.0641 e. The molecule has 1 fully saturated rings. The lowest BCUT2D eigenvalue weighted by Crippen LogP contribution is -2.40. The van der Waals surface area contributed by atoms with Crippen molar-refractivity contribution >= 4 is 0 Å². The van der Waals surface area contributed by atoms with Gasteiger partial charge in [0.25, 0.3) is 0 Å². The summed E-state index contributed by atoms with van der Waals surface area (Å²) in [5, 5.41) is 4.63. The Bertz CT molecular complexity index is 333. The van der Waals surface area contributed by atoms with E-state index in [-0.39, 0.29) is 6.04 Å². The molecule has 0 radical (unpaired) electrons. The van der Waals surface area contributed by atoms with E-state index >= 15 is 0 Å². The lowest BCUT2D eigenvalue weighted by atomic mass is 10.2. The van der Waals surface area contributed by atoms with E-state index in [9.17, 15) is 0 Å². The van der Waals surface area contributed by atoms with E-state index < -0.39 is 0 Å². The number of methoxy groups -OCH3 is 1. The van der Waals surface area contributed by atoms with Crippen molar-refractivity contribution in [2.45, 2.75) is 44.2 Å². The third kappa shape index (κ3) is 3.28. The highest BCUT2D eigenvalue weighted by Gasteiger charge is 2.18. The van der Waals surface area contributed by atoms with Crippen molar-refractivity contribution in [3.8, 4) is 0 Å². The summed E-state index contributed by atoms with van der Waals surface area (Å²) < 4.78 is 7.21. The first-order valence-electron chi connectivity index (χ1n) is 6.32. The van der Waals surface area contributed by atoms with Crippen LogP contribution in [0.4, 0.5) is 0 Å². The van der Waals surface area contributed by atoms with Crippen molar-refractivity contribution in [3.05, 3.63) is 18.0 Å². The molecule has 2 rings (SSSR count). The fourth-order valence-electron chi connectivity index (χ4n) is 2.48. The van der Waals surface area contributed by atoms with Gasteiger partial charge in [-0.05, 0) is 18.9 Å². The van der Waals surface area contributed by atoms with Gasteiger partial charge in [0.1, 0.15) is 0 Å². The molecule has 0 aromatic carbocycles. The van der Waals surface area contributed by atoms with E-state index in [1.54, 1.807) is 7.11 Å². The highest BCUT2D eigenvalue weighted by atomic mass is 16.5. The summed E-state index contributed by atoms with van der Waals surface area (Å²) in [5.41, 5.74) is 3.84. The minimum absolute atomic E-state index is 0.131. The van der Waals surface area contributed by atoms with E-state index in [1.165, 1.54) is 25.7 Å². The minimum atomic E-state index is 0.131. The molecular formula is C12H22N4O. The Morgan fingerprint density at radius 2 is 2.35 bits per heavy atom. The lowest BCUT2D eigenvalue weighted by Gasteiger charge is -2.13. The fourth-order valence-corrected chi connectivity index (χ4v) is 2.48. The lowest BCUT2D eigenvalue weighted by molar-refractivity contribution is 0.166. The number of hydrogen-bond acceptors (Lipinski definition) is 4. The molecule has 0 saturated heterocycles. The van der Waals surface area contributed by atoms with E-state index in [1.807, 2.05) is 0 Å². The number of nitrogens with zero attached hydrogens (tertiary/aromatic N) is 2. The van der Waals surface area contributed by atoms with Crippen LogP contribution < -0.4 is 11.3 Å². The summed E-state index contributed by atoms with van der Waals surface area (Å²) in [4.78, 5) is 0. The van der Waals surface area contributed by atoms with E-state index in [4.69, 9.17) is 10.6 Å². The molecule has 5 nitrogen and oxygen atoms in total. The quantitative estimate of drug-likeness (QED) is 0.573. The molecule has 1 aliphatic rings. The Kier molecular flexibility index (Phi) is 4.53. The van der Waals surface area contributed by atoms with Gasteiger partial charge in [-0.15, -0.1) is 0 Å². The Hall–Kier alpha value is -0.910. The molecular weight excluding hydrogens is 216 g/mol. The SMILES string of the molecule is COCC(Cc1ccn(C2CCCC2)n1)NN. The van der Waals surface area contributed by atoms with Crippen LogP contribution in [-0.2, 0) is 11.2 Å². The summed E-state index contributed by atoms with van der Waals surface area (Å²) >= 11 is 0. The number of nitrogens with one attached hydrogen (secondary N) is 1. The number of nitrogens with two attached hydrogens (primary N) is 1. The summed E-state index contributed by atoms with van der Waals surface area (Å²) in [6.45, 7) is 0.604. The molecule has 1 atom stereocenters. The first-order valence-corrected chi connectivity index (χ1v) is 6.32. The number of ether oxygens (including phenoxy) is 1. The molecule has 1 aromatic rings. The fraction of sp³-hybridized carbons (Fsp3) is 0.750. The average Bonchev–Trinajstić information content (AvgIpc) is 2.98. The van der Waals surface area contributed by atoms with E-state index in [0.29, 0.717) is 12.6 Å². The second-order valence-corrected chi connectivity index (χ2v) is 4.75. The van der Waals surface area contributed by atoms with Gasteiger partial charge in [0.15, 0.2) is 0 Å². The Morgan fingerprint density at radius 3 is 3.00 bits per heavy atom. The predicted molar refractivity (Wildman–Crippen MR) is 66.4 cm³/mol. The first-order chi connectivity index (χ1) is 8.33. The Balaban J connectivity index is 1.92. The van der Waals surface area contributed by atoms with Crippen LogP contribution in [0.5, 0.6) is 0 Å². The van der Waals surface area contributed by atoms with Gasteiger partial charge in [-0.3, -0.25) is 16.0 Å². The van der Waals surface area contributed by atoms with Gasteiger partial charge in [-0.25, -0.2) is 0 Å². The smallest absolute Gasteiger partial charge is 0.0641 e. The summed E-state index contributed by atoms with van der Waals surface area (Å²) in [7, 11) is 1.68. The van der Waals surface area contributed by atoms with Gasteiger partial charge in [-0.2, -0.15) is 5.10 Å². The van der Waals surface area contributed by atoms with Crippen molar-refractivity contribution in [3.63, 3.8) is 0 Å². The van der Waals surface area contributed by atoms with Crippen molar-refractivity contribution in [1.29, 1.82) is 0 Å². The average molecular weight is 238 g/mol. The zero-order valence-electron chi connectivity index (χ0n) is 10.4. The zero-order chi connectivity index (χ0) is 12.1. The van der Waals surface area contributed by atoms with Crippen molar-refractivity contribution < 1.29 is 4.74 Å². The molecule has 17 heavy (non-hydrogen) atoms. The molecule has 1 aromatic heterocycles. The molecule has 5 heteroatoms. The van der Waals surface area contributed by atoms with Crippen LogP contribution in [0.2, 0.25) is 0 Å². The Morgan fingerprint density at radius 1 is 1.59 bits per heavy atom. The molecule has 1 unspecified atom stereocenters. The summed E-state index contributed by atoms with van der Waals surface area (Å²) in [6, 6.07) is 2.82. The van der Waals surface area contributed by atoms with Crippen LogP contribution in [0.3, 0.4) is 0 Å². The Labute approximate surface area is 102 Å². The third-order valence-electron chi connectivity index (χ3n) is 3.42. The van der Waals surface area contributed by atoms with Crippen LogP contribution in [0.15, 0.2) is 12.3 Å². The first kappa shape index (κ1) is 12.5.